The average molecular weight is 241 g/mol. The summed E-state index contributed by atoms with van der Waals surface area (Å²) in [5.74, 6) is 0.152. The molecule has 1 amide bonds. The van der Waals surface area contributed by atoms with Gasteiger partial charge in [-0.1, -0.05) is 13.8 Å². The van der Waals surface area contributed by atoms with Crippen molar-refractivity contribution in [3.63, 3.8) is 0 Å². The van der Waals surface area contributed by atoms with Crippen molar-refractivity contribution in [3.8, 4) is 0 Å². The molecule has 0 aromatic heterocycles. The van der Waals surface area contributed by atoms with Gasteiger partial charge in [-0.25, -0.2) is 0 Å². The van der Waals surface area contributed by atoms with E-state index in [0.717, 1.165) is 32.2 Å². The van der Waals surface area contributed by atoms with Crippen LogP contribution in [0.1, 0.15) is 46.5 Å². The Labute approximate surface area is 105 Å². The third kappa shape index (κ3) is 3.68. The number of hydrogen-bond donors (Lipinski definition) is 2. The van der Waals surface area contributed by atoms with E-state index < -0.39 is 0 Å². The molecule has 1 aliphatic rings. The predicted molar refractivity (Wildman–Crippen MR) is 70.8 cm³/mol. The van der Waals surface area contributed by atoms with Gasteiger partial charge in [-0.3, -0.25) is 9.69 Å². The first-order chi connectivity index (χ1) is 8.13. The van der Waals surface area contributed by atoms with Crippen molar-refractivity contribution in [1.29, 1.82) is 0 Å². The number of rotatable bonds is 6. The van der Waals surface area contributed by atoms with E-state index in [1.54, 1.807) is 0 Å². The fraction of sp³-hybridized carbons (Fsp3) is 0.923. The lowest BCUT2D eigenvalue weighted by Gasteiger charge is -2.30. The number of amides is 1. The van der Waals surface area contributed by atoms with Crippen LogP contribution in [0.3, 0.4) is 0 Å². The fourth-order valence-electron chi connectivity index (χ4n) is 2.59. The van der Waals surface area contributed by atoms with Crippen LogP contribution in [0.15, 0.2) is 0 Å². The van der Waals surface area contributed by atoms with Crippen LogP contribution in [0.2, 0.25) is 0 Å². The highest BCUT2D eigenvalue weighted by Crippen LogP contribution is 2.19. The Hall–Kier alpha value is -0.610. The zero-order valence-electron chi connectivity index (χ0n) is 11.4. The van der Waals surface area contributed by atoms with Gasteiger partial charge in [0.1, 0.15) is 0 Å². The summed E-state index contributed by atoms with van der Waals surface area (Å²) in [6.45, 7) is 7.86. The van der Waals surface area contributed by atoms with E-state index in [0.29, 0.717) is 18.6 Å². The number of carbonyl (C=O) groups is 1. The Morgan fingerprint density at radius 1 is 1.47 bits per heavy atom. The normalized spacial score (nSPS) is 23.0. The molecule has 3 N–H and O–H groups in total. The van der Waals surface area contributed by atoms with Gasteiger partial charge in [0.2, 0.25) is 5.91 Å². The van der Waals surface area contributed by atoms with Crippen molar-refractivity contribution in [2.45, 2.75) is 64.6 Å². The predicted octanol–water partition coefficient (Wildman–Crippen LogP) is 1.10. The highest BCUT2D eigenvalue weighted by Gasteiger charge is 2.31. The van der Waals surface area contributed by atoms with Crippen LogP contribution >= 0.6 is 0 Å². The van der Waals surface area contributed by atoms with Gasteiger partial charge in [0.25, 0.3) is 0 Å². The van der Waals surface area contributed by atoms with Gasteiger partial charge in [-0.2, -0.15) is 0 Å². The molecule has 17 heavy (non-hydrogen) atoms. The molecule has 1 heterocycles. The van der Waals surface area contributed by atoms with Crippen LogP contribution in [0.25, 0.3) is 0 Å². The van der Waals surface area contributed by atoms with Crippen LogP contribution in [0.4, 0.5) is 0 Å². The lowest BCUT2D eigenvalue weighted by atomic mass is 10.1. The molecule has 1 rings (SSSR count). The Kier molecular flexibility index (Phi) is 5.92. The molecule has 100 valence electrons. The monoisotopic (exact) mass is 241 g/mol. The first kappa shape index (κ1) is 14.5. The third-order valence-corrected chi connectivity index (χ3v) is 3.90. The molecular weight excluding hydrogens is 214 g/mol. The van der Waals surface area contributed by atoms with Gasteiger partial charge in [0, 0.05) is 18.6 Å². The lowest BCUT2D eigenvalue weighted by Crippen LogP contribution is -2.51. The molecule has 4 heteroatoms. The van der Waals surface area contributed by atoms with Crippen molar-refractivity contribution in [2.24, 2.45) is 5.73 Å². The zero-order chi connectivity index (χ0) is 12.8. The molecule has 0 aromatic rings. The molecule has 0 radical (unpaired) electrons. The van der Waals surface area contributed by atoms with Crippen LogP contribution in [-0.4, -0.2) is 42.0 Å². The fourth-order valence-corrected chi connectivity index (χ4v) is 2.59. The molecular formula is C13H27N3O. The van der Waals surface area contributed by atoms with E-state index >= 15 is 0 Å². The van der Waals surface area contributed by atoms with Gasteiger partial charge in [-0.15, -0.1) is 0 Å². The second kappa shape index (κ2) is 6.97. The molecule has 0 spiro atoms. The van der Waals surface area contributed by atoms with E-state index in [2.05, 4.69) is 24.1 Å². The molecule has 2 unspecified atom stereocenters. The maximum atomic E-state index is 12.1. The van der Waals surface area contributed by atoms with Gasteiger partial charge in [0.15, 0.2) is 0 Å². The Morgan fingerprint density at radius 2 is 2.12 bits per heavy atom. The van der Waals surface area contributed by atoms with Crippen LogP contribution in [-0.2, 0) is 4.79 Å². The smallest absolute Gasteiger partial charge is 0.237 e. The SMILES string of the molecule is CCC(CC)NC(=O)C(C)N1CCCC1CN. The Morgan fingerprint density at radius 3 is 2.65 bits per heavy atom. The first-order valence-electron chi connectivity index (χ1n) is 6.90. The second-order valence-corrected chi connectivity index (χ2v) is 4.97. The summed E-state index contributed by atoms with van der Waals surface area (Å²) in [4.78, 5) is 14.4. The Balaban J connectivity index is 2.50. The summed E-state index contributed by atoms with van der Waals surface area (Å²) in [5, 5.41) is 3.12. The molecule has 2 atom stereocenters. The summed E-state index contributed by atoms with van der Waals surface area (Å²) in [6, 6.07) is 0.646. The summed E-state index contributed by atoms with van der Waals surface area (Å²) in [7, 11) is 0. The van der Waals surface area contributed by atoms with Crippen LogP contribution in [0, 0.1) is 0 Å². The van der Waals surface area contributed by atoms with Crippen molar-refractivity contribution in [2.75, 3.05) is 13.1 Å². The molecule has 1 aliphatic heterocycles. The number of nitrogens with two attached hydrogens (primary N) is 1. The summed E-state index contributed by atoms with van der Waals surface area (Å²) >= 11 is 0. The topological polar surface area (TPSA) is 58.4 Å². The molecule has 0 saturated carbocycles. The van der Waals surface area contributed by atoms with E-state index in [4.69, 9.17) is 5.73 Å². The quantitative estimate of drug-likeness (QED) is 0.732. The minimum atomic E-state index is -0.0494. The lowest BCUT2D eigenvalue weighted by molar-refractivity contribution is -0.126. The number of carbonyl (C=O) groups excluding carboxylic acids is 1. The molecule has 1 fully saturated rings. The van der Waals surface area contributed by atoms with E-state index in [1.165, 1.54) is 0 Å². The molecule has 1 saturated heterocycles. The minimum Gasteiger partial charge on any atom is -0.352 e. The van der Waals surface area contributed by atoms with Gasteiger partial charge in [0.05, 0.1) is 6.04 Å². The van der Waals surface area contributed by atoms with Crippen molar-refractivity contribution in [1.82, 2.24) is 10.2 Å². The van der Waals surface area contributed by atoms with Gasteiger partial charge < -0.3 is 11.1 Å². The Bertz CT molecular complexity index is 241. The maximum Gasteiger partial charge on any atom is 0.237 e. The summed E-state index contributed by atoms with van der Waals surface area (Å²) < 4.78 is 0. The number of likely N-dealkylation sites (tertiary alicyclic amines) is 1. The number of hydrogen-bond acceptors (Lipinski definition) is 3. The largest absolute Gasteiger partial charge is 0.352 e. The molecule has 0 aromatic carbocycles. The van der Waals surface area contributed by atoms with Crippen molar-refractivity contribution in [3.05, 3.63) is 0 Å². The van der Waals surface area contributed by atoms with Crippen molar-refractivity contribution >= 4 is 5.91 Å². The van der Waals surface area contributed by atoms with Gasteiger partial charge >= 0.3 is 0 Å². The second-order valence-electron chi connectivity index (χ2n) is 4.97. The molecule has 0 bridgehead atoms. The van der Waals surface area contributed by atoms with Crippen LogP contribution in [0.5, 0.6) is 0 Å². The molecule has 0 aliphatic carbocycles. The highest BCUT2D eigenvalue weighted by molar-refractivity contribution is 5.81. The highest BCUT2D eigenvalue weighted by atomic mass is 16.2. The van der Waals surface area contributed by atoms with Gasteiger partial charge in [-0.05, 0) is 39.2 Å². The van der Waals surface area contributed by atoms with E-state index in [1.807, 2.05) is 6.92 Å². The maximum absolute atomic E-state index is 12.1. The minimum absolute atomic E-state index is 0.0494. The first-order valence-corrected chi connectivity index (χ1v) is 6.90. The van der Waals surface area contributed by atoms with E-state index in [-0.39, 0.29) is 11.9 Å². The number of nitrogens with zero attached hydrogens (tertiary/aromatic N) is 1. The summed E-state index contributed by atoms with van der Waals surface area (Å²) in [6.07, 6.45) is 4.27. The average Bonchev–Trinajstić information content (AvgIpc) is 2.82. The summed E-state index contributed by atoms with van der Waals surface area (Å²) in [5.41, 5.74) is 5.74. The molecule has 4 nitrogen and oxygen atoms in total. The van der Waals surface area contributed by atoms with Crippen LogP contribution < -0.4 is 11.1 Å². The standard InChI is InChI=1S/C13H27N3O/c1-4-11(5-2)15-13(17)10(3)16-8-6-7-12(16)9-14/h10-12H,4-9,14H2,1-3H3,(H,15,17). The zero-order valence-corrected chi connectivity index (χ0v) is 11.4. The third-order valence-electron chi connectivity index (χ3n) is 3.90. The van der Waals surface area contributed by atoms with E-state index in [9.17, 15) is 4.79 Å². The van der Waals surface area contributed by atoms with Crippen molar-refractivity contribution < 1.29 is 4.79 Å². The number of nitrogens with one attached hydrogen (secondary N) is 1.